The molecule has 0 saturated heterocycles. The van der Waals surface area contributed by atoms with Crippen molar-refractivity contribution in [3.05, 3.63) is 200 Å². The van der Waals surface area contributed by atoms with Crippen LogP contribution in [0.5, 0.6) is 0 Å². The fourth-order valence-electron chi connectivity index (χ4n) is 7.17. The summed E-state index contributed by atoms with van der Waals surface area (Å²) in [5.74, 6) is 0. The molecule has 1 aromatic heterocycles. The van der Waals surface area contributed by atoms with Crippen LogP contribution < -0.4 is 9.80 Å². The summed E-state index contributed by atoms with van der Waals surface area (Å²) < 4.78 is 0. The molecule has 0 saturated carbocycles. The zero-order chi connectivity index (χ0) is 35.6. The molecule has 0 bridgehead atoms. The molecular formula is C49H36N4. The number of aromatic nitrogens is 2. The minimum Gasteiger partial charge on any atom is -0.345 e. The third-order valence-electron chi connectivity index (χ3n) is 9.87. The molecule has 4 heteroatoms. The largest absolute Gasteiger partial charge is 0.345 e. The molecule has 0 fully saturated rings. The Labute approximate surface area is 309 Å². The minimum absolute atomic E-state index is 0.852. The first kappa shape index (κ1) is 31.9. The second-order valence-corrected chi connectivity index (χ2v) is 13.1. The number of para-hydroxylation sites is 3. The number of hydrogen-bond acceptors (Lipinski definition) is 4. The van der Waals surface area contributed by atoms with Crippen LogP contribution in [0.25, 0.3) is 55.4 Å². The Kier molecular flexibility index (Phi) is 8.39. The van der Waals surface area contributed by atoms with Crippen molar-refractivity contribution in [1.82, 2.24) is 9.97 Å². The van der Waals surface area contributed by atoms with E-state index in [2.05, 4.69) is 205 Å². The summed E-state index contributed by atoms with van der Waals surface area (Å²) >= 11 is 0. The van der Waals surface area contributed by atoms with E-state index in [-0.39, 0.29) is 0 Å². The first-order valence-corrected chi connectivity index (χ1v) is 17.9. The summed E-state index contributed by atoms with van der Waals surface area (Å²) in [5, 5.41) is 2.40. The Balaban J connectivity index is 1.13. The molecule has 0 N–H and O–H groups in total. The smallest absolute Gasteiger partial charge is 0.0973 e. The molecule has 0 radical (unpaired) electrons. The highest BCUT2D eigenvalue weighted by molar-refractivity contribution is 6.04. The van der Waals surface area contributed by atoms with E-state index in [4.69, 9.17) is 9.97 Å². The molecule has 9 aromatic rings. The lowest BCUT2D eigenvalue weighted by molar-refractivity contribution is 1.20. The monoisotopic (exact) mass is 680 g/mol. The number of fused-ring (bicyclic) bond motifs is 2. The zero-order valence-electron chi connectivity index (χ0n) is 29.3. The molecule has 0 amide bonds. The second kappa shape index (κ2) is 13.9. The molecule has 252 valence electrons. The third-order valence-corrected chi connectivity index (χ3v) is 9.87. The van der Waals surface area contributed by atoms with Crippen molar-refractivity contribution in [2.75, 3.05) is 16.8 Å². The average molecular weight is 681 g/mol. The maximum Gasteiger partial charge on any atom is 0.0973 e. The summed E-state index contributed by atoms with van der Waals surface area (Å²) in [6, 6.07) is 70.0. The minimum atomic E-state index is 0.852. The summed E-state index contributed by atoms with van der Waals surface area (Å²) in [6.45, 7) is 0. The maximum atomic E-state index is 5.43. The van der Waals surface area contributed by atoms with Crippen LogP contribution in [0, 0.1) is 0 Å². The van der Waals surface area contributed by atoms with Crippen molar-refractivity contribution in [1.29, 1.82) is 0 Å². The molecular weight excluding hydrogens is 645 g/mol. The molecule has 0 aliphatic rings. The summed E-state index contributed by atoms with van der Waals surface area (Å²) in [4.78, 5) is 15.3. The van der Waals surface area contributed by atoms with E-state index in [9.17, 15) is 0 Å². The fraction of sp³-hybridized carbons (Fsp3) is 0.0204. The van der Waals surface area contributed by atoms with Crippen LogP contribution in [0.3, 0.4) is 0 Å². The van der Waals surface area contributed by atoms with Gasteiger partial charge in [0.1, 0.15) is 0 Å². The van der Waals surface area contributed by atoms with Gasteiger partial charge in [0, 0.05) is 52.2 Å². The van der Waals surface area contributed by atoms with Crippen LogP contribution in [-0.2, 0) is 0 Å². The Morgan fingerprint density at radius 3 is 1.55 bits per heavy atom. The van der Waals surface area contributed by atoms with E-state index in [0.29, 0.717) is 0 Å². The van der Waals surface area contributed by atoms with Crippen LogP contribution in [0.2, 0.25) is 0 Å². The number of nitrogens with zero attached hydrogens (tertiary/aromatic N) is 4. The topological polar surface area (TPSA) is 32.3 Å². The van der Waals surface area contributed by atoms with Gasteiger partial charge in [-0.3, -0.25) is 0 Å². The van der Waals surface area contributed by atoms with Crippen molar-refractivity contribution in [3.63, 3.8) is 0 Å². The normalized spacial score (nSPS) is 11.1. The van der Waals surface area contributed by atoms with Gasteiger partial charge in [0.2, 0.25) is 0 Å². The first-order valence-electron chi connectivity index (χ1n) is 17.9. The highest BCUT2D eigenvalue weighted by Gasteiger charge is 2.18. The zero-order valence-corrected chi connectivity index (χ0v) is 29.3. The Bertz CT molecular complexity index is 2650. The number of rotatable bonds is 8. The Morgan fingerprint density at radius 2 is 0.830 bits per heavy atom. The maximum absolute atomic E-state index is 5.43. The van der Waals surface area contributed by atoms with E-state index in [1.807, 2.05) is 12.1 Å². The van der Waals surface area contributed by atoms with Crippen molar-refractivity contribution >= 4 is 50.2 Å². The van der Waals surface area contributed by atoms with Gasteiger partial charge < -0.3 is 9.80 Å². The van der Waals surface area contributed by atoms with Crippen molar-refractivity contribution in [3.8, 4) is 33.6 Å². The molecule has 1 heterocycles. The molecule has 8 aromatic carbocycles. The highest BCUT2D eigenvalue weighted by Crippen LogP contribution is 2.40. The average Bonchev–Trinajstić information content (AvgIpc) is 3.24. The van der Waals surface area contributed by atoms with Gasteiger partial charge in [0.05, 0.1) is 22.4 Å². The van der Waals surface area contributed by atoms with Crippen LogP contribution in [-0.4, -0.2) is 17.0 Å². The van der Waals surface area contributed by atoms with E-state index in [0.717, 1.165) is 73.1 Å². The summed E-state index contributed by atoms with van der Waals surface area (Å²) in [7, 11) is 2.10. The number of anilines is 5. The van der Waals surface area contributed by atoms with Crippen LogP contribution in [0.1, 0.15) is 0 Å². The number of benzene rings is 8. The van der Waals surface area contributed by atoms with Crippen LogP contribution >= 0.6 is 0 Å². The van der Waals surface area contributed by atoms with Gasteiger partial charge in [0.15, 0.2) is 0 Å². The molecule has 0 aliphatic heterocycles. The standard InChI is InChI=1S/C49H36N4/c1-52(38-19-7-3-8-20-38)39-31-33-42(34-32-39)53(40-21-9-4-10-22-40)41-29-27-37(28-30-41)47-48(36-16-5-2-6-17-36)51-49-45(25-14-26-46(49)50-47)44-24-13-18-35-15-11-12-23-43(35)44/h2-34H,1H3. The molecule has 53 heavy (non-hydrogen) atoms. The van der Waals surface area contributed by atoms with Gasteiger partial charge in [0.25, 0.3) is 0 Å². The predicted octanol–water partition coefficient (Wildman–Crippen LogP) is 13.0. The molecule has 0 atom stereocenters. The van der Waals surface area contributed by atoms with Crippen molar-refractivity contribution in [2.45, 2.75) is 0 Å². The Hall–Kier alpha value is -7.04. The van der Waals surface area contributed by atoms with E-state index in [1.165, 1.54) is 10.8 Å². The Morgan fingerprint density at radius 1 is 0.358 bits per heavy atom. The third kappa shape index (κ3) is 6.17. The van der Waals surface area contributed by atoms with Crippen LogP contribution in [0.4, 0.5) is 28.4 Å². The lowest BCUT2D eigenvalue weighted by Crippen LogP contribution is -2.11. The van der Waals surface area contributed by atoms with Gasteiger partial charge in [-0.1, -0.05) is 133 Å². The van der Waals surface area contributed by atoms with E-state index < -0.39 is 0 Å². The van der Waals surface area contributed by atoms with Gasteiger partial charge in [-0.15, -0.1) is 0 Å². The summed E-state index contributed by atoms with van der Waals surface area (Å²) in [5.41, 5.74) is 13.2. The lowest BCUT2D eigenvalue weighted by Gasteiger charge is -2.27. The van der Waals surface area contributed by atoms with Crippen LogP contribution in [0.15, 0.2) is 200 Å². The SMILES string of the molecule is CN(c1ccccc1)c1ccc(N(c2ccccc2)c2ccc(-c3nc4cccc(-c5cccc6ccccc56)c4nc3-c3ccccc3)cc2)cc1. The molecule has 9 rings (SSSR count). The highest BCUT2D eigenvalue weighted by atomic mass is 15.1. The summed E-state index contributed by atoms with van der Waals surface area (Å²) in [6.07, 6.45) is 0. The fourth-order valence-corrected chi connectivity index (χ4v) is 7.17. The van der Waals surface area contributed by atoms with Gasteiger partial charge in [-0.2, -0.15) is 0 Å². The number of hydrogen-bond donors (Lipinski definition) is 0. The van der Waals surface area contributed by atoms with E-state index in [1.54, 1.807) is 0 Å². The quantitative estimate of drug-likeness (QED) is 0.160. The van der Waals surface area contributed by atoms with Crippen molar-refractivity contribution < 1.29 is 0 Å². The second-order valence-electron chi connectivity index (χ2n) is 13.1. The van der Waals surface area contributed by atoms with Crippen molar-refractivity contribution in [2.24, 2.45) is 0 Å². The molecule has 4 nitrogen and oxygen atoms in total. The van der Waals surface area contributed by atoms with Gasteiger partial charge >= 0.3 is 0 Å². The van der Waals surface area contributed by atoms with Gasteiger partial charge in [-0.25, -0.2) is 9.97 Å². The molecule has 0 spiro atoms. The van der Waals surface area contributed by atoms with E-state index >= 15 is 0 Å². The first-order chi connectivity index (χ1) is 26.2. The lowest BCUT2D eigenvalue weighted by atomic mass is 9.96. The van der Waals surface area contributed by atoms with Gasteiger partial charge in [-0.05, 0) is 83.1 Å². The molecule has 0 unspecified atom stereocenters. The predicted molar refractivity (Wildman–Crippen MR) is 223 cm³/mol. The molecule has 0 aliphatic carbocycles.